The van der Waals surface area contributed by atoms with Crippen molar-refractivity contribution in [2.45, 2.75) is 31.6 Å². The SMILES string of the molecule is CC(=O)SC1CC(=O)N([C@@H](C)c2ccccn2)C1. The van der Waals surface area contributed by atoms with E-state index < -0.39 is 0 Å². The lowest BCUT2D eigenvalue weighted by atomic mass is 10.2. The fourth-order valence-corrected chi connectivity index (χ4v) is 3.10. The van der Waals surface area contributed by atoms with E-state index in [2.05, 4.69) is 4.98 Å². The molecule has 1 aliphatic rings. The maximum Gasteiger partial charge on any atom is 0.224 e. The van der Waals surface area contributed by atoms with Gasteiger partial charge in [-0.3, -0.25) is 14.6 Å². The first-order chi connectivity index (χ1) is 8.58. The van der Waals surface area contributed by atoms with E-state index in [-0.39, 0.29) is 22.3 Å². The Kier molecular flexibility index (Phi) is 4.01. The zero-order valence-corrected chi connectivity index (χ0v) is 11.3. The van der Waals surface area contributed by atoms with Crippen LogP contribution in [0.4, 0.5) is 0 Å². The normalized spacial score (nSPS) is 21.1. The summed E-state index contributed by atoms with van der Waals surface area (Å²) >= 11 is 1.26. The van der Waals surface area contributed by atoms with Gasteiger partial charge in [0.05, 0.1) is 11.7 Å². The van der Waals surface area contributed by atoms with Crippen molar-refractivity contribution < 1.29 is 9.59 Å². The number of likely N-dealkylation sites (tertiary alicyclic amines) is 1. The number of pyridine rings is 1. The van der Waals surface area contributed by atoms with E-state index in [0.29, 0.717) is 13.0 Å². The lowest BCUT2D eigenvalue weighted by Gasteiger charge is -2.24. The third-order valence-corrected chi connectivity index (χ3v) is 4.02. The number of carbonyl (C=O) groups is 2. The van der Waals surface area contributed by atoms with Crippen LogP contribution in [0.2, 0.25) is 0 Å². The largest absolute Gasteiger partial charge is 0.333 e. The molecule has 96 valence electrons. The van der Waals surface area contributed by atoms with Crippen LogP contribution in [0.1, 0.15) is 32.0 Å². The van der Waals surface area contributed by atoms with Crippen molar-refractivity contribution in [2.24, 2.45) is 0 Å². The fraction of sp³-hybridized carbons (Fsp3) is 0.462. The average molecular weight is 264 g/mol. The highest BCUT2D eigenvalue weighted by atomic mass is 32.2. The van der Waals surface area contributed by atoms with Gasteiger partial charge in [0.2, 0.25) is 5.91 Å². The predicted molar refractivity (Wildman–Crippen MR) is 71.0 cm³/mol. The van der Waals surface area contributed by atoms with E-state index >= 15 is 0 Å². The molecule has 0 aliphatic carbocycles. The molecule has 2 atom stereocenters. The van der Waals surface area contributed by atoms with Crippen LogP contribution in [0.5, 0.6) is 0 Å². The minimum atomic E-state index is -0.0312. The second-order valence-corrected chi connectivity index (χ2v) is 5.89. The standard InChI is InChI=1S/C13H16N2O2S/c1-9(12-5-3-4-6-14-12)15-8-11(7-13(15)17)18-10(2)16/h3-6,9,11H,7-8H2,1-2H3/t9-,11?/m0/s1. The van der Waals surface area contributed by atoms with Crippen LogP contribution >= 0.6 is 11.8 Å². The molecule has 4 nitrogen and oxygen atoms in total. The molecule has 1 aromatic heterocycles. The van der Waals surface area contributed by atoms with Crippen molar-refractivity contribution in [1.82, 2.24) is 9.88 Å². The molecule has 0 radical (unpaired) electrons. The molecular formula is C13H16N2O2S. The Hall–Kier alpha value is -1.36. The monoisotopic (exact) mass is 264 g/mol. The van der Waals surface area contributed by atoms with Gasteiger partial charge in [-0.25, -0.2) is 0 Å². The van der Waals surface area contributed by atoms with Gasteiger partial charge in [0.25, 0.3) is 0 Å². The molecular weight excluding hydrogens is 248 g/mol. The lowest BCUT2D eigenvalue weighted by molar-refractivity contribution is -0.129. The molecule has 2 heterocycles. The van der Waals surface area contributed by atoms with Crippen LogP contribution in [0.3, 0.4) is 0 Å². The van der Waals surface area contributed by atoms with Crippen LogP contribution in [-0.4, -0.2) is 32.7 Å². The van der Waals surface area contributed by atoms with Gasteiger partial charge in [-0.05, 0) is 19.1 Å². The Morgan fingerprint density at radius 3 is 2.94 bits per heavy atom. The van der Waals surface area contributed by atoms with Gasteiger partial charge in [0, 0.05) is 31.3 Å². The van der Waals surface area contributed by atoms with E-state index in [1.165, 1.54) is 11.8 Å². The molecule has 0 aromatic carbocycles. The molecule has 0 bridgehead atoms. The molecule has 2 rings (SSSR count). The Morgan fingerprint density at radius 2 is 2.33 bits per heavy atom. The molecule has 1 amide bonds. The van der Waals surface area contributed by atoms with Crippen molar-refractivity contribution in [3.8, 4) is 0 Å². The Morgan fingerprint density at radius 1 is 1.56 bits per heavy atom. The molecule has 0 saturated carbocycles. The summed E-state index contributed by atoms with van der Waals surface area (Å²) in [4.78, 5) is 29.1. The smallest absolute Gasteiger partial charge is 0.224 e. The molecule has 1 fully saturated rings. The zero-order valence-electron chi connectivity index (χ0n) is 10.5. The highest BCUT2D eigenvalue weighted by Gasteiger charge is 2.34. The highest BCUT2D eigenvalue weighted by molar-refractivity contribution is 8.14. The average Bonchev–Trinajstić information content (AvgIpc) is 2.69. The number of hydrogen-bond acceptors (Lipinski definition) is 4. The van der Waals surface area contributed by atoms with Crippen molar-refractivity contribution in [2.75, 3.05) is 6.54 Å². The summed E-state index contributed by atoms with van der Waals surface area (Å²) < 4.78 is 0. The summed E-state index contributed by atoms with van der Waals surface area (Å²) in [5, 5.41) is 0.154. The molecule has 1 unspecified atom stereocenters. The zero-order chi connectivity index (χ0) is 13.1. The van der Waals surface area contributed by atoms with Gasteiger partial charge in [0.1, 0.15) is 0 Å². The Balaban J connectivity index is 2.06. The third kappa shape index (κ3) is 2.90. The molecule has 0 N–H and O–H groups in total. The molecule has 1 aromatic rings. The van der Waals surface area contributed by atoms with E-state index in [1.807, 2.05) is 30.0 Å². The number of thioether (sulfide) groups is 1. The first-order valence-electron chi connectivity index (χ1n) is 5.95. The van der Waals surface area contributed by atoms with Gasteiger partial charge in [-0.15, -0.1) is 0 Å². The minimum Gasteiger partial charge on any atom is -0.333 e. The van der Waals surface area contributed by atoms with Crippen molar-refractivity contribution >= 4 is 22.8 Å². The second-order valence-electron chi connectivity index (χ2n) is 4.41. The van der Waals surface area contributed by atoms with Gasteiger partial charge >= 0.3 is 0 Å². The number of rotatable bonds is 3. The summed E-state index contributed by atoms with van der Waals surface area (Å²) in [7, 11) is 0. The first-order valence-corrected chi connectivity index (χ1v) is 6.83. The van der Waals surface area contributed by atoms with Gasteiger partial charge in [-0.2, -0.15) is 0 Å². The second kappa shape index (κ2) is 5.52. The molecule has 18 heavy (non-hydrogen) atoms. The minimum absolute atomic E-state index is 0.0312. The van der Waals surface area contributed by atoms with E-state index in [1.54, 1.807) is 13.1 Å². The van der Waals surface area contributed by atoms with Gasteiger partial charge in [-0.1, -0.05) is 17.8 Å². The first kappa shape index (κ1) is 13.1. The lowest BCUT2D eigenvalue weighted by Crippen LogP contribution is -2.29. The quantitative estimate of drug-likeness (QED) is 0.838. The molecule has 1 saturated heterocycles. The Bertz CT molecular complexity index is 450. The Labute approximate surface area is 111 Å². The van der Waals surface area contributed by atoms with Crippen molar-refractivity contribution in [3.05, 3.63) is 30.1 Å². The van der Waals surface area contributed by atoms with Gasteiger partial charge in [0.15, 0.2) is 5.12 Å². The van der Waals surface area contributed by atoms with Crippen LogP contribution < -0.4 is 0 Å². The summed E-state index contributed by atoms with van der Waals surface area (Å²) in [5.74, 6) is 0.104. The number of hydrogen-bond donors (Lipinski definition) is 0. The number of amides is 1. The maximum absolute atomic E-state index is 12.0. The molecule has 5 heteroatoms. The summed E-state index contributed by atoms with van der Waals surface area (Å²) in [6.45, 7) is 4.14. The summed E-state index contributed by atoms with van der Waals surface area (Å²) in [6.07, 6.45) is 2.18. The van der Waals surface area contributed by atoms with E-state index in [0.717, 1.165) is 5.69 Å². The fourth-order valence-electron chi connectivity index (χ4n) is 2.17. The topological polar surface area (TPSA) is 50.3 Å². The van der Waals surface area contributed by atoms with Gasteiger partial charge < -0.3 is 4.90 Å². The summed E-state index contributed by atoms with van der Waals surface area (Å²) in [5.41, 5.74) is 0.888. The number of nitrogens with zero attached hydrogens (tertiary/aromatic N) is 2. The predicted octanol–water partition coefficient (Wildman–Crippen LogP) is 2.02. The highest BCUT2D eigenvalue weighted by Crippen LogP contribution is 2.30. The molecule has 1 aliphatic heterocycles. The maximum atomic E-state index is 12.0. The van der Waals surface area contributed by atoms with Crippen LogP contribution in [-0.2, 0) is 9.59 Å². The molecule has 0 spiro atoms. The van der Waals surface area contributed by atoms with Crippen molar-refractivity contribution in [1.29, 1.82) is 0 Å². The van der Waals surface area contributed by atoms with Crippen LogP contribution in [0.25, 0.3) is 0 Å². The van der Waals surface area contributed by atoms with E-state index in [9.17, 15) is 9.59 Å². The van der Waals surface area contributed by atoms with Crippen LogP contribution in [0.15, 0.2) is 24.4 Å². The third-order valence-electron chi connectivity index (χ3n) is 3.04. The summed E-state index contributed by atoms with van der Waals surface area (Å²) in [6, 6.07) is 5.66. The number of carbonyl (C=O) groups excluding carboxylic acids is 2. The van der Waals surface area contributed by atoms with Crippen LogP contribution in [0, 0.1) is 0 Å². The van der Waals surface area contributed by atoms with E-state index in [4.69, 9.17) is 0 Å². The van der Waals surface area contributed by atoms with Crippen molar-refractivity contribution in [3.63, 3.8) is 0 Å². The number of aromatic nitrogens is 1.